The Morgan fingerprint density at radius 2 is 1.60 bits per heavy atom. The van der Waals surface area contributed by atoms with E-state index in [9.17, 15) is 13.2 Å². The van der Waals surface area contributed by atoms with Gasteiger partial charge in [-0.3, -0.25) is 4.79 Å². The first-order valence-electron chi connectivity index (χ1n) is 10.2. The lowest BCUT2D eigenvalue weighted by Gasteiger charge is -2.31. The Kier molecular flexibility index (Phi) is 5.88. The Morgan fingerprint density at radius 1 is 0.933 bits per heavy atom. The van der Waals surface area contributed by atoms with Crippen LogP contribution in [0.25, 0.3) is 10.8 Å². The van der Waals surface area contributed by atoms with Gasteiger partial charge in [0.05, 0.1) is 4.90 Å². The summed E-state index contributed by atoms with van der Waals surface area (Å²) in [5, 5.41) is 10.8. The van der Waals surface area contributed by atoms with Gasteiger partial charge < -0.3 is 5.11 Å². The zero-order chi connectivity index (χ0) is 21.1. The van der Waals surface area contributed by atoms with Crippen molar-refractivity contribution in [2.24, 2.45) is 0 Å². The predicted octanol–water partition coefficient (Wildman–Crippen LogP) is 4.43. The van der Waals surface area contributed by atoms with Crippen LogP contribution in [0, 0.1) is 0 Å². The molecule has 3 aromatic rings. The summed E-state index contributed by atoms with van der Waals surface area (Å²) < 4.78 is 27.8. The number of aryl methyl sites for hydroxylation is 1. The van der Waals surface area contributed by atoms with Crippen molar-refractivity contribution in [3.63, 3.8) is 0 Å². The third-order valence-electron chi connectivity index (χ3n) is 5.89. The molecule has 0 atom stereocenters. The van der Waals surface area contributed by atoms with E-state index in [1.165, 1.54) is 5.56 Å². The third-order valence-corrected chi connectivity index (χ3v) is 7.79. The Balaban J connectivity index is 1.42. The minimum absolute atomic E-state index is 0.129. The van der Waals surface area contributed by atoms with Gasteiger partial charge in [0.2, 0.25) is 10.0 Å². The lowest BCUT2D eigenvalue weighted by Crippen LogP contribution is -2.37. The number of carbonyl (C=O) groups is 1. The Morgan fingerprint density at radius 3 is 2.27 bits per heavy atom. The van der Waals surface area contributed by atoms with Crippen LogP contribution < -0.4 is 0 Å². The van der Waals surface area contributed by atoms with Crippen LogP contribution in [0.15, 0.2) is 71.6 Å². The van der Waals surface area contributed by atoms with Crippen molar-refractivity contribution < 1.29 is 18.3 Å². The molecule has 1 saturated heterocycles. The summed E-state index contributed by atoms with van der Waals surface area (Å²) in [6.07, 6.45) is 2.21. The molecule has 0 aromatic heterocycles. The molecule has 0 radical (unpaired) electrons. The van der Waals surface area contributed by atoms with Crippen molar-refractivity contribution in [2.45, 2.75) is 36.5 Å². The Bertz CT molecular complexity index is 1150. The van der Waals surface area contributed by atoms with Crippen molar-refractivity contribution in [3.8, 4) is 0 Å². The number of nitrogens with zero attached hydrogens (tertiary/aromatic N) is 1. The van der Waals surface area contributed by atoms with Gasteiger partial charge in [-0.2, -0.15) is 4.31 Å². The Labute approximate surface area is 177 Å². The summed E-state index contributed by atoms with van der Waals surface area (Å²) in [6.45, 7) is 1.00. The van der Waals surface area contributed by atoms with Crippen molar-refractivity contribution in [3.05, 3.63) is 77.9 Å². The summed E-state index contributed by atoms with van der Waals surface area (Å²) >= 11 is 0. The van der Waals surface area contributed by atoms with E-state index in [4.69, 9.17) is 5.11 Å². The van der Waals surface area contributed by atoms with E-state index in [0.29, 0.717) is 30.3 Å². The molecule has 0 spiro atoms. The molecule has 0 amide bonds. The van der Waals surface area contributed by atoms with E-state index in [1.807, 2.05) is 42.5 Å². The fraction of sp³-hybridized carbons (Fsp3) is 0.292. The molecule has 30 heavy (non-hydrogen) atoms. The second kappa shape index (κ2) is 8.58. The molecule has 3 aromatic carbocycles. The van der Waals surface area contributed by atoms with Crippen molar-refractivity contribution in [1.82, 2.24) is 4.31 Å². The van der Waals surface area contributed by atoms with E-state index >= 15 is 0 Å². The minimum Gasteiger partial charge on any atom is -0.481 e. The first-order chi connectivity index (χ1) is 14.4. The quantitative estimate of drug-likeness (QED) is 0.637. The zero-order valence-corrected chi connectivity index (χ0v) is 17.5. The largest absolute Gasteiger partial charge is 0.481 e. The smallest absolute Gasteiger partial charge is 0.303 e. The fourth-order valence-electron chi connectivity index (χ4n) is 4.11. The number of hydrogen-bond acceptors (Lipinski definition) is 3. The van der Waals surface area contributed by atoms with E-state index in [2.05, 4.69) is 12.1 Å². The fourth-order valence-corrected chi connectivity index (χ4v) is 5.62. The molecule has 156 valence electrons. The van der Waals surface area contributed by atoms with Crippen LogP contribution in [-0.2, 0) is 21.2 Å². The highest BCUT2D eigenvalue weighted by atomic mass is 32.2. The number of aliphatic carboxylic acids is 1. The number of carboxylic acids is 1. The third kappa shape index (κ3) is 4.40. The van der Waals surface area contributed by atoms with Gasteiger partial charge in [-0.05, 0) is 59.2 Å². The highest BCUT2D eigenvalue weighted by Gasteiger charge is 2.30. The van der Waals surface area contributed by atoms with Crippen LogP contribution in [0.4, 0.5) is 0 Å². The van der Waals surface area contributed by atoms with Crippen LogP contribution >= 0.6 is 0 Å². The number of piperidine rings is 1. The lowest BCUT2D eigenvalue weighted by molar-refractivity contribution is -0.136. The number of fused-ring (bicyclic) bond motifs is 1. The molecule has 1 aliphatic rings. The molecule has 0 aliphatic carbocycles. The van der Waals surface area contributed by atoms with Crippen LogP contribution in [0.5, 0.6) is 0 Å². The van der Waals surface area contributed by atoms with Gasteiger partial charge >= 0.3 is 5.97 Å². The number of carboxylic acid groups (broad SMARTS) is 1. The minimum atomic E-state index is -3.50. The topological polar surface area (TPSA) is 74.7 Å². The molecule has 5 nitrogen and oxygen atoms in total. The number of rotatable bonds is 6. The second-order valence-electron chi connectivity index (χ2n) is 7.82. The van der Waals surface area contributed by atoms with E-state index in [1.54, 1.807) is 16.4 Å². The summed E-state index contributed by atoms with van der Waals surface area (Å²) in [5.74, 6) is -0.472. The molecule has 1 fully saturated rings. The highest BCUT2D eigenvalue weighted by molar-refractivity contribution is 7.89. The standard InChI is InChI=1S/C24H25NO4S/c26-24(27)12-7-18-5-8-20(9-6-18)21-13-15-25(16-14-21)30(28,29)23-11-10-19-3-1-2-4-22(19)17-23/h1-6,8-11,17,21H,7,12-16H2,(H,26,27). The normalized spacial score (nSPS) is 16.0. The van der Waals surface area contributed by atoms with E-state index in [-0.39, 0.29) is 6.42 Å². The zero-order valence-electron chi connectivity index (χ0n) is 16.7. The summed E-state index contributed by atoms with van der Waals surface area (Å²) in [4.78, 5) is 11.1. The summed E-state index contributed by atoms with van der Waals surface area (Å²) in [6, 6.07) is 21.1. The molecule has 6 heteroatoms. The SMILES string of the molecule is O=C(O)CCc1ccc(C2CCN(S(=O)(=O)c3ccc4ccccc4c3)CC2)cc1. The average molecular weight is 424 g/mol. The maximum atomic E-state index is 13.1. The van der Waals surface area contributed by atoms with Crippen LogP contribution in [0.2, 0.25) is 0 Å². The molecule has 0 saturated carbocycles. The van der Waals surface area contributed by atoms with E-state index < -0.39 is 16.0 Å². The lowest BCUT2D eigenvalue weighted by atomic mass is 9.89. The average Bonchev–Trinajstić information content (AvgIpc) is 2.78. The molecule has 4 rings (SSSR count). The van der Waals surface area contributed by atoms with E-state index in [0.717, 1.165) is 29.2 Å². The molecule has 0 bridgehead atoms. The number of benzene rings is 3. The molecule has 1 heterocycles. The first kappa shape index (κ1) is 20.6. The highest BCUT2D eigenvalue weighted by Crippen LogP contribution is 2.31. The molecular formula is C24H25NO4S. The molecule has 0 unspecified atom stereocenters. The monoisotopic (exact) mass is 423 g/mol. The van der Waals surface area contributed by atoms with Crippen LogP contribution in [0.1, 0.15) is 36.3 Å². The number of hydrogen-bond donors (Lipinski definition) is 1. The summed E-state index contributed by atoms with van der Waals surface area (Å²) in [5.41, 5.74) is 2.20. The Hall–Kier alpha value is -2.70. The van der Waals surface area contributed by atoms with Crippen molar-refractivity contribution in [2.75, 3.05) is 13.1 Å². The molecule has 1 N–H and O–H groups in total. The predicted molar refractivity (Wildman–Crippen MR) is 117 cm³/mol. The maximum Gasteiger partial charge on any atom is 0.303 e. The number of sulfonamides is 1. The summed E-state index contributed by atoms with van der Waals surface area (Å²) in [7, 11) is -3.50. The van der Waals surface area contributed by atoms with Gasteiger partial charge in [0, 0.05) is 19.5 Å². The first-order valence-corrected chi connectivity index (χ1v) is 11.7. The maximum absolute atomic E-state index is 13.1. The van der Waals surface area contributed by atoms with Gasteiger partial charge in [-0.25, -0.2) is 8.42 Å². The van der Waals surface area contributed by atoms with Gasteiger partial charge in [0.25, 0.3) is 0 Å². The van der Waals surface area contributed by atoms with Gasteiger partial charge in [-0.1, -0.05) is 54.6 Å². The molecule has 1 aliphatic heterocycles. The van der Waals surface area contributed by atoms with Gasteiger partial charge in [0.1, 0.15) is 0 Å². The molecular weight excluding hydrogens is 398 g/mol. The van der Waals surface area contributed by atoms with Crippen molar-refractivity contribution in [1.29, 1.82) is 0 Å². The second-order valence-corrected chi connectivity index (χ2v) is 9.76. The van der Waals surface area contributed by atoms with Crippen LogP contribution in [0.3, 0.4) is 0 Å². The van der Waals surface area contributed by atoms with Gasteiger partial charge in [0.15, 0.2) is 0 Å². The van der Waals surface area contributed by atoms with Crippen LogP contribution in [-0.4, -0.2) is 36.9 Å². The van der Waals surface area contributed by atoms with Gasteiger partial charge in [-0.15, -0.1) is 0 Å². The van der Waals surface area contributed by atoms with Crippen molar-refractivity contribution >= 4 is 26.8 Å².